The summed E-state index contributed by atoms with van der Waals surface area (Å²) < 4.78 is 2.82. The normalized spacial score (nSPS) is 12.3. The Kier molecular flexibility index (Phi) is 7.56. The van der Waals surface area contributed by atoms with E-state index in [1.807, 2.05) is 75.4 Å². The van der Waals surface area contributed by atoms with E-state index in [1.54, 1.807) is 16.4 Å². The topological polar surface area (TPSA) is 98.5 Å². The molecule has 0 unspecified atom stereocenters. The summed E-state index contributed by atoms with van der Waals surface area (Å²) in [6, 6.07) is 16.5. The van der Waals surface area contributed by atoms with E-state index in [4.69, 9.17) is 22.3 Å². The fourth-order valence-electron chi connectivity index (χ4n) is 4.41. The number of nitrogens with zero attached hydrogens (tertiary/aromatic N) is 5. The van der Waals surface area contributed by atoms with E-state index in [9.17, 15) is 9.59 Å². The van der Waals surface area contributed by atoms with Crippen LogP contribution in [0.25, 0.3) is 5.65 Å². The number of nitrogens with two attached hydrogens (primary N) is 1. The van der Waals surface area contributed by atoms with Gasteiger partial charge in [0.1, 0.15) is 10.8 Å². The Morgan fingerprint density at radius 1 is 1.08 bits per heavy atom. The maximum absolute atomic E-state index is 13.8. The minimum Gasteiger partial charge on any atom is -0.329 e. The number of benzene rings is 2. The third-order valence-corrected chi connectivity index (χ3v) is 6.66. The number of aryl methyl sites for hydroxylation is 2. The molecule has 0 aliphatic heterocycles. The molecule has 1 amide bonds. The van der Waals surface area contributed by atoms with Crippen molar-refractivity contribution in [3.8, 4) is 0 Å². The van der Waals surface area contributed by atoms with E-state index in [0.29, 0.717) is 28.6 Å². The predicted octanol–water partition coefficient (Wildman–Crippen LogP) is 4.01. The summed E-state index contributed by atoms with van der Waals surface area (Å²) in [4.78, 5) is 34.1. The van der Waals surface area contributed by atoms with E-state index in [2.05, 4.69) is 5.10 Å². The van der Waals surface area contributed by atoms with Crippen LogP contribution in [0.1, 0.15) is 52.9 Å². The number of aromatic nitrogens is 4. The van der Waals surface area contributed by atoms with Crippen LogP contribution in [0.3, 0.4) is 0 Å². The van der Waals surface area contributed by atoms with Crippen LogP contribution in [-0.4, -0.2) is 43.1 Å². The molecule has 0 bridgehead atoms. The first-order valence-corrected chi connectivity index (χ1v) is 12.4. The van der Waals surface area contributed by atoms with E-state index in [0.717, 1.165) is 11.1 Å². The summed E-state index contributed by atoms with van der Waals surface area (Å²) in [6.07, 6.45) is 0. The molecule has 0 aliphatic rings. The highest BCUT2D eigenvalue weighted by atomic mass is 35.5. The molecule has 0 aliphatic carbocycles. The molecule has 9 heteroatoms. The summed E-state index contributed by atoms with van der Waals surface area (Å²) in [5.41, 5.74) is 8.94. The lowest BCUT2D eigenvalue weighted by molar-refractivity contribution is 0.0611. The van der Waals surface area contributed by atoms with Crippen LogP contribution in [-0.2, 0) is 6.54 Å². The molecule has 0 saturated carbocycles. The van der Waals surface area contributed by atoms with Crippen molar-refractivity contribution < 1.29 is 4.79 Å². The largest absolute Gasteiger partial charge is 0.352 e. The van der Waals surface area contributed by atoms with Crippen LogP contribution in [0.5, 0.6) is 0 Å². The number of hydrogen-bond donors (Lipinski definition) is 1. The number of amides is 1. The van der Waals surface area contributed by atoms with E-state index in [1.165, 1.54) is 4.52 Å². The van der Waals surface area contributed by atoms with Gasteiger partial charge < -0.3 is 10.6 Å². The van der Waals surface area contributed by atoms with E-state index >= 15 is 0 Å². The number of hydrogen-bond acceptors (Lipinski definition) is 5. The minimum absolute atomic E-state index is 0.0786. The molecule has 2 heterocycles. The van der Waals surface area contributed by atoms with Crippen molar-refractivity contribution in [3.63, 3.8) is 0 Å². The Hall–Kier alpha value is -3.49. The van der Waals surface area contributed by atoms with Crippen LogP contribution in [0.15, 0.2) is 59.4 Å². The molecule has 2 aromatic carbocycles. The van der Waals surface area contributed by atoms with Gasteiger partial charge in [0, 0.05) is 18.7 Å². The van der Waals surface area contributed by atoms with Gasteiger partial charge in [0.2, 0.25) is 0 Å². The lowest BCUT2D eigenvalue weighted by atomic mass is 9.99. The second kappa shape index (κ2) is 10.6. The van der Waals surface area contributed by atoms with E-state index in [-0.39, 0.29) is 36.3 Å². The van der Waals surface area contributed by atoms with Gasteiger partial charge in [-0.25, -0.2) is 9.78 Å². The molecule has 0 saturated heterocycles. The molecular weight excluding hydrogens is 476 g/mol. The van der Waals surface area contributed by atoms with Gasteiger partial charge in [0.15, 0.2) is 5.65 Å². The average Bonchev–Trinajstić information content (AvgIpc) is 3.15. The average molecular weight is 507 g/mol. The highest BCUT2D eigenvalue weighted by Gasteiger charge is 2.33. The summed E-state index contributed by atoms with van der Waals surface area (Å²) in [5, 5.41) is 4.64. The quantitative estimate of drug-likeness (QED) is 0.389. The summed E-state index contributed by atoms with van der Waals surface area (Å²) in [7, 11) is 0. The SMILES string of the molecule is Cc1ccc(C(=O)N(CCN)[C@@H](c2nc3c(Cl)c(C)nn3c(=O)n2Cc2ccccc2)C(C)C)cc1. The number of carbonyl (C=O) groups is 1. The summed E-state index contributed by atoms with van der Waals surface area (Å²) >= 11 is 6.50. The Morgan fingerprint density at radius 2 is 1.75 bits per heavy atom. The smallest absolute Gasteiger partial charge is 0.329 e. The Balaban J connectivity index is 1.94. The zero-order chi connectivity index (χ0) is 26.0. The van der Waals surface area contributed by atoms with Crippen molar-refractivity contribution in [2.24, 2.45) is 11.7 Å². The van der Waals surface area contributed by atoms with Crippen LogP contribution in [0, 0.1) is 19.8 Å². The van der Waals surface area contributed by atoms with Gasteiger partial charge in [0.05, 0.1) is 18.3 Å². The molecule has 0 spiro atoms. The third-order valence-electron chi connectivity index (χ3n) is 6.22. The molecule has 36 heavy (non-hydrogen) atoms. The molecule has 0 radical (unpaired) electrons. The monoisotopic (exact) mass is 506 g/mol. The van der Waals surface area contributed by atoms with Crippen molar-refractivity contribution in [2.45, 2.75) is 40.3 Å². The molecular formula is C27H31ClN6O2. The molecule has 188 valence electrons. The molecule has 1 atom stereocenters. The number of halogens is 1. The maximum atomic E-state index is 13.8. The van der Waals surface area contributed by atoms with Gasteiger partial charge in [-0.3, -0.25) is 9.36 Å². The van der Waals surface area contributed by atoms with Gasteiger partial charge in [-0.15, -0.1) is 0 Å². The van der Waals surface area contributed by atoms with Gasteiger partial charge in [-0.05, 0) is 37.5 Å². The zero-order valence-corrected chi connectivity index (χ0v) is 21.7. The zero-order valence-electron chi connectivity index (χ0n) is 21.0. The molecule has 8 nitrogen and oxygen atoms in total. The lowest BCUT2D eigenvalue weighted by Crippen LogP contribution is -2.44. The summed E-state index contributed by atoms with van der Waals surface area (Å²) in [6.45, 7) is 8.55. The van der Waals surface area contributed by atoms with Crippen LogP contribution in [0.4, 0.5) is 0 Å². The second-order valence-corrected chi connectivity index (χ2v) is 9.68. The first-order valence-electron chi connectivity index (χ1n) is 12.0. The molecule has 4 rings (SSSR count). The standard InChI is InChI=1S/C27H31ClN6O2/c1-17(2)23(32(15-14-29)26(35)21-12-10-18(3)11-13-21)25-30-24-22(28)19(4)31-34(24)27(36)33(25)16-20-8-6-5-7-9-20/h5-13,17,23H,14-16,29H2,1-4H3/t23-/m1/s1. The van der Waals surface area contributed by atoms with Crippen molar-refractivity contribution >= 4 is 23.2 Å². The van der Waals surface area contributed by atoms with Gasteiger partial charge in [-0.2, -0.15) is 9.61 Å². The first kappa shape index (κ1) is 25.6. The number of carbonyl (C=O) groups excluding carboxylic acids is 1. The van der Waals surface area contributed by atoms with Crippen LogP contribution in [0.2, 0.25) is 5.02 Å². The van der Waals surface area contributed by atoms with Crippen LogP contribution >= 0.6 is 11.6 Å². The van der Waals surface area contributed by atoms with Gasteiger partial charge in [-0.1, -0.05) is 73.5 Å². The van der Waals surface area contributed by atoms with Crippen molar-refractivity contribution in [2.75, 3.05) is 13.1 Å². The second-order valence-electron chi connectivity index (χ2n) is 9.30. The van der Waals surface area contributed by atoms with Crippen molar-refractivity contribution in [1.29, 1.82) is 0 Å². The maximum Gasteiger partial charge on any atom is 0.352 e. The Bertz CT molecular complexity index is 1430. The Labute approximate surface area is 215 Å². The highest BCUT2D eigenvalue weighted by Crippen LogP contribution is 2.30. The third kappa shape index (κ3) is 4.92. The highest BCUT2D eigenvalue weighted by molar-refractivity contribution is 6.34. The van der Waals surface area contributed by atoms with E-state index < -0.39 is 6.04 Å². The van der Waals surface area contributed by atoms with Crippen molar-refractivity contribution in [3.05, 3.63) is 98.3 Å². The lowest BCUT2D eigenvalue weighted by Gasteiger charge is -2.35. The van der Waals surface area contributed by atoms with Gasteiger partial charge >= 0.3 is 5.69 Å². The van der Waals surface area contributed by atoms with Crippen molar-refractivity contribution in [1.82, 2.24) is 24.1 Å². The van der Waals surface area contributed by atoms with Crippen LogP contribution < -0.4 is 11.4 Å². The Morgan fingerprint density at radius 3 is 2.36 bits per heavy atom. The summed E-state index contributed by atoms with van der Waals surface area (Å²) in [5.74, 6) is 0.197. The predicted molar refractivity (Wildman–Crippen MR) is 141 cm³/mol. The molecule has 4 aromatic rings. The first-order chi connectivity index (χ1) is 17.2. The molecule has 2 N–H and O–H groups in total. The molecule has 2 aromatic heterocycles. The number of fused-ring (bicyclic) bond motifs is 1. The van der Waals surface area contributed by atoms with Gasteiger partial charge in [0.25, 0.3) is 5.91 Å². The molecule has 0 fully saturated rings. The number of rotatable bonds is 8. The fourth-order valence-corrected chi connectivity index (χ4v) is 4.57. The fraction of sp³-hybridized carbons (Fsp3) is 0.333. The minimum atomic E-state index is -0.532.